The number of imidazole rings is 1. The van der Waals surface area contributed by atoms with Crippen molar-refractivity contribution in [1.29, 1.82) is 0 Å². The first-order valence-electron chi connectivity index (χ1n) is 16.1. The van der Waals surface area contributed by atoms with Gasteiger partial charge in [-0.15, -0.1) is 0 Å². The molecule has 52 heavy (non-hydrogen) atoms. The van der Waals surface area contributed by atoms with Gasteiger partial charge in [-0.05, 0) is 31.0 Å². The standard InChI is InChI=1S/C30H31ClF5N9O4.CH2O2/c1-42-21(18-13-44(23-7-29(23,32)33)41-24(18)30(34,35)36)9-38-25(42)26(47)39-14-2-5-17(19(31)6-14)27(48)45-15-3-4-16(45)12-43(11-15)28(49)40-20-8-37-10-22(20)46;2-1-3/h2,5-6,9,13,15-16,20,22-23,37,46H,3-4,7-8,10-12H2,1H3,(H,39,47)(H,40,49);1H,(H,2,3)/t15-,16+,20-,22-,23?;/m0./s1. The Labute approximate surface area is 296 Å². The summed E-state index contributed by atoms with van der Waals surface area (Å²) in [6.07, 6.45) is -2.95. The van der Waals surface area contributed by atoms with Crippen LogP contribution in [-0.4, -0.2) is 120 Å². The second-order valence-electron chi connectivity index (χ2n) is 12.9. The number of hydrogen-bond donors (Lipinski definition) is 5. The molecule has 3 aliphatic heterocycles. The summed E-state index contributed by atoms with van der Waals surface area (Å²) in [4.78, 5) is 55.4. The monoisotopic (exact) mass is 757 g/mol. The number of fused-ring (bicyclic) bond motifs is 2. The molecule has 1 saturated carbocycles. The van der Waals surface area contributed by atoms with Crippen LogP contribution in [0, 0.1) is 0 Å². The van der Waals surface area contributed by atoms with Crippen LogP contribution in [-0.2, 0) is 18.0 Å². The summed E-state index contributed by atoms with van der Waals surface area (Å²) in [6.45, 7) is 1.26. The first-order valence-corrected chi connectivity index (χ1v) is 16.4. The Balaban J connectivity index is 0.00000150. The largest absolute Gasteiger partial charge is 0.483 e. The van der Waals surface area contributed by atoms with Crippen molar-refractivity contribution < 1.29 is 51.3 Å². The molecule has 4 aliphatic rings. The summed E-state index contributed by atoms with van der Waals surface area (Å²) < 4.78 is 70.2. The zero-order valence-corrected chi connectivity index (χ0v) is 28.0. The predicted molar refractivity (Wildman–Crippen MR) is 172 cm³/mol. The Bertz CT molecular complexity index is 1870. The number of aliphatic hydroxyl groups is 1. The molecule has 5 atom stereocenters. The summed E-state index contributed by atoms with van der Waals surface area (Å²) in [6, 6.07) is 1.63. The molecule has 7 rings (SSSR count). The minimum Gasteiger partial charge on any atom is -0.483 e. The lowest BCUT2D eigenvalue weighted by Gasteiger charge is -2.41. The molecule has 21 heteroatoms. The number of nitrogens with zero attached hydrogens (tertiary/aromatic N) is 6. The summed E-state index contributed by atoms with van der Waals surface area (Å²) in [5.41, 5.74) is -1.67. The van der Waals surface area contributed by atoms with Crippen molar-refractivity contribution >= 4 is 41.6 Å². The second kappa shape index (κ2) is 14.0. The fourth-order valence-corrected chi connectivity index (χ4v) is 7.12. The summed E-state index contributed by atoms with van der Waals surface area (Å²) in [7, 11) is 1.31. The van der Waals surface area contributed by atoms with Gasteiger partial charge in [0, 0.05) is 51.5 Å². The van der Waals surface area contributed by atoms with E-state index in [2.05, 4.69) is 26.0 Å². The van der Waals surface area contributed by atoms with Gasteiger partial charge in [0.15, 0.2) is 11.5 Å². The van der Waals surface area contributed by atoms with E-state index in [9.17, 15) is 41.4 Å². The molecule has 1 unspecified atom stereocenters. The van der Waals surface area contributed by atoms with Gasteiger partial charge >= 0.3 is 12.2 Å². The van der Waals surface area contributed by atoms with Gasteiger partial charge in [-0.1, -0.05) is 11.6 Å². The van der Waals surface area contributed by atoms with Crippen LogP contribution in [0.25, 0.3) is 11.3 Å². The molecule has 0 spiro atoms. The Morgan fingerprint density at radius 2 is 1.79 bits per heavy atom. The van der Waals surface area contributed by atoms with Crippen molar-refractivity contribution in [2.75, 3.05) is 31.5 Å². The van der Waals surface area contributed by atoms with Crippen LogP contribution in [0.1, 0.15) is 52.0 Å². The number of likely N-dealkylation sites (tertiary alicyclic amines) is 1. The number of aromatic nitrogens is 4. The van der Waals surface area contributed by atoms with Crippen LogP contribution >= 0.6 is 11.6 Å². The Morgan fingerprint density at radius 1 is 1.13 bits per heavy atom. The molecular formula is C31H33ClF5N9O6. The molecule has 3 aromatic rings. The zero-order chi connectivity index (χ0) is 37.7. The number of hydrogen-bond acceptors (Lipinski definition) is 8. The number of amides is 4. The number of urea groups is 1. The minimum absolute atomic E-state index is 0.0460. The molecule has 4 fully saturated rings. The Morgan fingerprint density at radius 3 is 2.35 bits per heavy atom. The second-order valence-corrected chi connectivity index (χ2v) is 13.3. The zero-order valence-electron chi connectivity index (χ0n) is 27.3. The molecule has 1 aromatic carbocycles. The highest BCUT2D eigenvalue weighted by atomic mass is 35.5. The van der Waals surface area contributed by atoms with Crippen molar-refractivity contribution in [3.05, 3.63) is 52.7 Å². The number of nitrogens with one attached hydrogen (secondary N) is 3. The SMILES string of the molecule is Cn1c(-c2cn(C3CC3(F)F)nc2C(F)(F)F)cnc1C(=O)Nc1ccc(C(=O)N2[C@@H]3CC[C@H]2CN(C(=O)N[C@H]2CNC[C@@H]2O)C3)c(Cl)c1.O=CO. The molecule has 15 nitrogen and oxygen atoms in total. The van der Waals surface area contributed by atoms with E-state index >= 15 is 0 Å². The number of β-amino-alcohol motifs (C(OH)–C–C–N with tert-alkyl or cyclic N) is 1. The van der Waals surface area contributed by atoms with Crippen molar-refractivity contribution in [2.24, 2.45) is 7.05 Å². The van der Waals surface area contributed by atoms with Crippen molar-refractivity contribution in [1.82, 2.24) is 39.8 Å². The van der Waals surface area contributed by atoms with Crippen LogP contribution in [0.2, 0.25) is 5.02 Å². The third-order valence-electron chi connectivity index (χ3n) is 9.53. The molecule has 5 N–H and O–H groups in total. The quantitative estimate of drug-likeness (QED) is 0.186. The maximum Gasteiger partial charge on any atom is 0.435 e. The Kier molecular flexibility index (Phi) is 9.92. The molecule has 1 aliphatic carbocycles. The molecule has 4 amide bonds. The number of benzene rings is 1. The average molecular weight is 758 g/mol. The average Bonchev–Trinajstić information content (AvgIpc) is 3.54. The minimum atomic E-state index is -4.95. The summed E-state index contributed by atoms with van der Waals surface area (Å²) in [5, 5.41) is 28.8. The normalized spacial score (nSPS) is 24.6. The van der Waals surface area contributed by atoms with E-state index in [1.165, 1.54) is 25.2 Å². The highest BCUT2D eigenvalue weighted by Gasteiger charge is 2.59. The first kappa shape index (κ1) is 37.0. The van der Waals surface area contributed by atoms with Gasteiger partial charge in [-0.25, -0.2) is 18.6 Å². The van der Waals surface area contributed by atoms with Crippen LogP contribution in [0.4, 0.5) is 32.4 Å². The number of aliphatic hydroxyl groups excluding tert-OH is 1. The number of carbonyl (C=O) groups excluding carboxylic acids is 3. The lowest BCUT2D eigenvalue weighted by atomic mass is 10.1. The van der Waals surface area contributed by atoms with Gasteiger partial charge < -0.3 is 40.5 Å². The van der Waals surface area contributed by atoms with E-state index < -0.39 is 47.8 Å². The van der Waals surface area contributed by atoms with E-state index in [1.54, 1.807) is 9.80 Å². The number of alkyl halides is 5. The highest BCUT2D eigenvalue weighted by Crippen LogP contribution is 2.53. The maximum absolute atomic E-state index is 13.8. The molecular weight excluding hydrogens is 725 g/mol. The Hall–Kier alpha value is -4.82. The van der Waals surface area contributed by atoms with Crippen molar-refractivity contribution in [3.8, 4) is 11.3 Å². The third-order valence-corrected chi connectivity index (χ3v) is 9.84. The molecule has 0 radical (unpaired) electrons. The van der Waals surface area contributed by atoms with E-state index in [4.69, 9.17) is 21.5 Å². The summed E-state index contributed by atoms with van der Waals surface area (Å²) >= 11 is 6.51. The van der Waals surface area contributed by atoms with Crippen LogP contribution in [0.3, 0.4) is 0 Å². The number of anilines is 1. The van der Waals surface area contributed by atoms with E-state index in [0.717, 1.165) is 17.0 Å². The fourth-order valence-electron chi connectivity index (χ4n) is 6.86. The predicted octanol–water partition coefficient (Wildman–Crippen LogP) is 2.82. The molecule has 5 heterocycles. The van der Waals surface area contributed by atoms with Crippen molar-refractivity contribution in [2.45, 2.75) is 61.6 Å². The van der Waals surface area contributed by atoms with Gasteiger partial charge in [-0.2, -0.15) is 18.3 Å². The van der Waals surface area contributed by atoms with Gasteiger partial charge in [0.2, 0.25) is 0 Å². The maximum atomic E-state index is 13.8. The summed E-state index contributed by atoms with van der Waals surface area (Å²) in [5.74, 6) is -4.56. The van der Waals surface area contributed by atoms with Crippen LogP contribution in [0.15, 0.2) is 30.6 Å². The van der Waals surface area contributed by atoms with Crippen molar-refractivity contribution in [3.63, 3.8) is 0 Å². The topological polar surface area (TPSA) is 187 Å². The van der Waals surface area contributed by atoms with Gasteiger partial charge in [0.05, 0.1) is 52.3 Å². The smallest absolute Gasteiger partial charge is 0.435 e. The number of carbonyl (C=O) groups is 4. The number of rotatable bonds is 6. The van der Waals surface area contributed by atoms with E-state index in [1.807, 2.05) is 0 Å². The fraction of sp³-hybridized carbons (Fsp3) is 0.484. The van der Waals surface area contributed by atoms with Crippen LogP contribution in [0.5, 0.6) is 0 Å². The molecule has 280 valence electrons. The molecule has 2 bridgehead atoms. The molecule has 3 saturated heterocycles. The lowest BCUT2D eigenvalue weighted by molar-refractivity contribution is -0.141. The van der Waals surface area contributed by atoms with E-state index in [0.29, 0.717) is 43.7 Å². The highest BCUT2D eigenvalue weighted by molar-refractivity contribution is 6.34. The lowest BCUT2D eigenvalue weighted by Crippen LogP contribution is -2.60. The molecule has 2 aromatic heterocycles. The first-order chi connectivity index (χ1) is 24.5. The third kappa shape index (κ3) is 7.13. The van der Waals surface area contributed by atoms with Gasteiger partial charge in [-0.3, -0.25) is 19.1 Å². The number of halogens is 6. The van der Waals surface area contributed by atoms with Gasteiger partial charge in [0.25, 0.3) is 24.2 Å². The number of carboxylic acid groups (broad SMARTS) is 1. The van der Waals surface area contributed by atoms with E-state index in [-0.39, 0.29) is 64.3 Å². The van der Waals surface area contributed by atoms with Gasteiger partial charge in [0.1, 0.15) is 6.04 Å². The number of piperazine rings is 1. The van der Waals surface area contributed by atoms with Crippen LogP contribution < -0.4 is 16.0 Å².